The third-order valence-corrected chi connectivity index (χ3v) is 6.71. The third-order valence-electron chi connectivity index (χ3n) is 6.71. The number of nitriles is 1. The highest BCUT2D eigenvalue weighted by Crippen LogP contribution is 2.40. The molecule has 0 aliphatic carbocycles. The Morgan fingerprint density at radius 3 is 2.29 bits per heavy atom. The lowest BCUT2D eigenvalue weighted by molar-refractivity contribution is 1.15. The van der Waals surface area contributed by atoms with Gasteiger partial charge in [0.15, 0.2) is 0 Å². The second kappa shape index (κ2) is 8.27. The molecule has 0 fully saturated rings. The SMILES string of the molecule is Cc1cccc(-c2cccc3c4ccccc4n(-c4cc(-c5ccncc5)c(C#N)cc4C)c23)c1. The van der Waals surface area contributed by atoms with E-state index in [2.05, 4.69) is 102 Å². The molecule has 6 rings (SSSR count). The number of aryl methyl sites for hydroxylation is 2. The topological polar surface area (TPSA) is 41.6 Å². The van der Waals surface area contributed by atoms with E-state index in [-0.39, 0.29) is 0 Å². The molecule has 0 unspecified atom stereocenters. The van der Waals surface area contributed by atoms with Crippen LogP contribution in [-0.4, -0.2) is 9.55 Å². The Balaban J connectivity index is 1.76. The number of nitrogens with zero attached hydrogens (tertiary/aromatic N) is 3. The number of fused-ring (bicyclic) bond motifs is 3. The molecule has 2 heterocycles. The summed E-state index contributed by atoms with van der Waals surface area (Å²) in [6.07, 6.45) is 3.54. The fraction of sp³-hybridized carbons (Fsp3) is 0.0625. The van der Waals surface area contributed by atoms with Gasteiger partial charge in [0.2, 0.25) is 0 Å². The van der Waals surface area contributed by atoms with Gasteiger partial charge in [-0.1, -0.05) is 66.2 Å². The van der Waals surface area contributed by atoms with Crippen LogP contribution < -0.4 is 0 Å². The molecule has 0 saturated heterocycles. The minimum Gasteiger partial charge on any atom is -0.308 e. The van der Waals surface area contributed by atoms with E-state index in [9.17, 15) is 5.26 Å². The molecule has 3 heteroatoms. The zero-order chi connectivity index (χ0) is 23.9. The van der Waals surface area contributed by atoms with Crippen molar-refractivity contribution in [3.05, 3.63) is 120 Å². The van der Waals surface area contributed by atoms with Crippen LogP contribution >= 0.6 is 0 Å². The predicted octanol–water partition coefficient (Wildman–Crippen LogP) is 8.00. The molecule has 6 aromatic rings. The molecule has 0 N–H and O–H groups in total. The van der Waals surface area contributed by atoms with Crippen LogP contribution in [-0.2, 0) is 0 Å². The summed E-state index contributed by atoms with van der Waals surface area (Å²) >= 11 is 0. The van der Waals surface area contributed by atoms with E-state index in [1.807, 2.05) is 18.2 Å². The number of benzene rings is 4. The van der Waals surface area contributed by atoms with E-state index in [1.54, 1.807) is 12.4 Å². The summed E-state index contributed by atoms with van der Waals surface area (Å²) in [5.41, 5.74) is 10.6. The Morgan fingerprint density at radius 2 is 1.49 bits per heavy atom. The lowest BCUT2D eigenvalue weighted by atomic mass is 9.97. The van der Waals surface area contributed by atoms with Crippen LogP contribution in [0.4, 0.5) is 0 Å². The molecular weight excluding hydrogens is 426 g/mol. The quantitative estimate of drug-likeness (QED) is 0.275. The monoisotopic (exact) mass is 449 g/mol. The largest absolute Gasteiger partial charge is 0.308 e. The first-order valence-electron chi connectivity index (χ1n) is 11.7. The van der Waals surface area contributed by atoms with Crippen LogP contribution in [0.5, 0.6) is 0 Å². The van der Waals surface area contributed by atoms with Gasteiger partial charge in [-0.3, -0.25) is 4.98 Å². The van der Waals surface area contributed by atoms with Crippen LogP contribution in [0, 0.1) is 25.2 Å². The molecule has 0 spiro atoms. The maximum absolute atomic E-state index is 9.92. The van der Waals surface area contributed by atoms with E-state index in [0.717, 1.165) is 27.9 Å². The average Bonchev–Trinajstić information content (AvgIpc) is 3.23. The molecule has 0 amide bonds. The fourth-order valence-corrected chi connectivity index (χ4v) is 5.11. The van der Waals surface area contributed by atoms with Crippen molar-refractivity contribution in [2.45, 2.75) is 13.8 Å². The number of pyridine rings is 1. The van der Waals surface area contributed by atoms with Crippen LogP contribution in [0.1, 0.15) is 16.7 Å². The van der Waals surface area contributed by atoms with E-state index in [4.69, 9.17) is 0 Å². The van der Waals surface area contributed by atoms with E-state index in [0.29, 0.717) is 5.56 Å². The van der Waals surface area contributed by atoms with Gasteiger partial charge < -0.3 is 4.57 Å². The normalized spacial score (nSPS) is 11.1. The summed E-state index contributed by atoms with van der Waals surface area (Å²) < 4.78 is 2.36. The average molecular weight is 450 g/mol. The van der Waals surface area contributed by atoms with Crippen molar-refractivity contribution < 1.29 is 0 Å². The maximum atomic E-state index is 9.92. The Bertz CT molecular complexity index is 1770. The molecule has 0 atom stereocenters. The van der Waals surface area contributed by atoms with Crippen molar-refractivity contribution in [2.24, 2.45) is 0 Å². The van der Waals surface area contributed by atoms with Crippen LogP contribution in [0.2, 0.25) is 0 Å². The van der Waals surface area contributed by atoms with Gasteiger partial charge in [-0.05, 0) is 60.9 Å². The number of rotatable bonds is 3. The molecule has 166 valence electrons. The Morgan fingerprint density at radius 1 is 0.714 bits per heavy atom. The highest BCUT2D eigenvalue weighted by molar-refractivity contribution is 6.14. The Hall–Kier alpha value is -4.68. The minimum absolute atomic E-state index is 0.664. The van der Waals surface area contributed by atoms with Crippen molar-refractivity contribution in [1.29, 1.82) is 5.26 Å². The second-order valence-electron chi connectivity index (χ2n) is 8.96. The Labute approximate surface area is 204 Å². The summed E-state index contributed by atoms with van der Waals surface area (Å²) in [6, 6.07) is 34.2. The molecular formula is C32H23N3. The lowest BCUT2D eigenvalue weighted by Gasteiger charge is -2.17. The van der Waals surface area contributed by atoms with Crippen LogP contribution in [0.3, 0.4) is 0 Å². The van der Waals surface area contributed by atoms with Gasteiger partial charge in [0.1, 0.15) is 0 Å². The molecule has 0 radical (unpaired) electrons. The van der Waals surface area contributed by atoms with Crippen LogP contribution in [0.15, 0.2) is 103 Å². The van der Waals surface area contributed by atoms with Crippen molar-refractivity contribution in [1.82, 2.24) is 9.55 Å². The molecule has 0 aliphatic heterocycles. The first kappa shape index (κ1) is 20.9. The first-order valence-corrected chi connectivity index (χ1v) is 11.7. The van der Waals surface area contributed by atoms with Crippen LogP contribution in [0.25, 0.3) is 49.7 Å². The molecule has 0 saturated carbocycles. The zero-order valence-electron chi connectivity index (χ0n) is 19.7. The van der Waals surface area contributed by atoms with Crippen molar-refractivity contribution in [3.63, 3.8) is 0 Å². The summed E-state index contributed by atoms with van der Waals surface area (Å²) in [6.45, 7) is 4.22. The van der Waals surface area contributed by atoms with Gasteiger partial charge in [-0.2, -0.15) is 5.26 Å². The van der Waals surface area contributed by atoms with Gasteiger partial charge >= 0.3 is 0 Å². The molecule has 2 aromatic heterocycles. The number of hydrogen-bond acceptors (Lipinski definition) is 2. The van der Waals surface area contributed by atoms with E-state index >= 15 is 0 Å². The summed E-state index contributed by atoms with van der Waals surface area (Å²) in [7, 11) is 0. The summed E-state index contributed by atoms with van der Waals surface area (Å²) in [5, 5.41) is 12.3. The third kappa shape index (κ3) is 3.39. The van der Waals surface area contributed by atoms with Crippen molar-refractivity contribution >= 4 is 21.8 Å². The van der Waals surface area contributed by atoms with Gasteiger partial charge in [-0.25, -0.2) is 0 Å². The van der Waals surface area contributed by atoms with Gasteiger partial charge in [0.05, 0.1) is 22.7 Å². The van der Waals surface area contributed by atoms with Gasteiger partial charge in [-0.15, -0.1) is 0 Å². The smallest absolute Gasteiger partial charge is 0.0998 e. The van der Waals surface area contributed by atoms with E-state index < -0.39 is 0 Å². The highest BCUT2D eigenvalue weighted by Gasteiger charge is 2.19. The number of hydrogen-bond donors (Lipinski definition) is 0. The number of aromatic nitrogens is 2. The minimum atomic E-state index is 0.664. The second-order valence-corrected chi connectivity index (χ2v) is 8.96. The standard InChI is InChI=1S/C32H23N3/c1-21-7-5-8-24(17-21)26-10-6-11-28-27-9-3-4-12-30(27)35(32(26)28)31-19-29(23-13-15-34-16-14-23)25(20-33)18-22(31)2/h3-19H,1-2H3. The summed E-state index contributed by atoms with van der Waals surface area (Å²) in [4.78, 5) is 4.16. The highest BCUT2D eigenvalue weighted by atomic mass is 15.0. The molecule has 4 aromatic carbocycles. The fourth-order valence-electron chi connectivity index (χ4n) is 5.11. The van der Waals surface area contributed by atoms with Crippen molar-refractivity contribution in [2.75, 3.05) is 0 Å². The summed E-state index contributed by atoms with van der Waals surface area (Å²) in [5.74, 6) is 0. The maximum Gasteiger partial charge on any atom is 0.0998 e. The predicted molar refractivity (Wildman–Crippen MR) is 144 cm³/mol. The Kier molecular flexibility index (Phi) is 4.94. The molecule has 35 heavy (non-hydrogen) atoms. The zero-order valence-corrected chi connectivity index (χ0v) is 19.7. The van der Waals surface area contributed by atoms with E-state index in [1.165, 1.54) is 33.0 Å². The molecule has 0 bridgehead atoms. The molecule has 0 aliphatic rings. The number of para-hydroxylation sites is 2. The van der Waals surface area contributed by atoms with Gasteiger partial charge in [0.25, 0.3) is 0 Å². The first-order chi connectivity index (χ1) is 17.2. The van der Waals surface area contributed by atoms with Crippen molar-refractivity contribution in [3.8, 4) is 34.0 Å². The lowest BCUT2D eigenvalue weighted by Crippen LogP contribution is -2.00. The van der Waals surface area contributed by atoms with Gasteiger partial charge in [0, 0.05) is 40.0 Å². The molecule has 3 nitrogen and oxygen atoms in total.